The van der Waals surface area contributed by atoms with Gasteiger partial charge in [0.2, 0.25) is 0 Å². The molecule has 0 saturated carbocycles. The maximum atomic E-state index is 9.35. The Hall–Kier alpha value is -0.470. The quantitative estimate of drug-likeness (QED) is 0.574. The van der Waals surface area contributed by atoms with Crippen LogP contribution < -0.4 is 0 Å². The molecular formula is C12H18OS. The summed E-state index contributed by atoms with van der Waals surface area (Å²) in [5, 5.41) is 9.35. The summed E-state index contributed by atoms with van der Waals surface area (Å²) >= 11 is 1.86. The number of aliphatic hydroxyl groups excluding tert-OH is 1. The molecule has 1 atom stereocenters. The molecule has 1 aromatic carbocycles. The highest BCUT2D eigenvalue weighted by atomic mass is 32.2. The molecule has 2 heteroatoms. The number of aliphatic hydroxyl groups is 1. The third-order valence-electron chi connectivity index (χ3n) is 2.16. The Balaban J connectivity index is 2.10. The van der Waals surface area contributed by atoms with E-state index in [0.29, 0.717) is 0 Å². The standard InChI is InChI=1S/C12H18OS/c1-2-11(13)7-6-10-14-12-8-4-3-5-9-12/h3-5,8-9,11,13H,2,6-7,10H2,1H3. The molecule has 0 aromatic heterocycles. The van der Waals surface area contributed by atoms with Crippen molar-refractivity contribution in [3.05, 3.63) is 30.3 Å². The van der Waals surface area contributed by atoms with Crippen molar-refractivity contribution in [3.8, 4) is 0 Å². The highest BCUT2D eigenvalue weighted by Crippen LogP contribution is 2.18. The zero-order valence-electron chi connectivity index (χ0n) is 8.65. The highest BCUT2D eigenvalue weighted by molar-refractivity contribution is 7.99. The van der Waals surface area contributed by atoms with Crippen LogP contribution in [0.15, 0.2) is 35.2 Å². The fourth-order valence-corrected chi connectivity index (χ4v) is 2.13. The van der Waals surface area contributed by atoms with Gasteiger partial charge < -0.3 is 5.11 Å². The molecule has 0 heterocycles. The van der Waals surface area contributed by atoms with Crippen molar-refractivity contribution < 1.29 is 5.11 Å². The van der Waals surface area contributed by atoms with Gasteiger partial charge in [-0.1, -0.05) is 25.1 Å². The first-order valence-electron chi connectivity index (χ1n) is 5.19. The fourth-order valence-electron chi connectivity index (χ4n) is 1.23. The van der Waals surface area contributed by atoms with Crippen molar-refractivity contribution in [2.75, 3.05) is 5.75 Å². The smallest absolute Gasteiger partial charge is 0.0538 e. The van der Waals surface area contributed by atoms with Crippen LogP contribution in [-0.2, 0) is 0 Å². The summed E-state index contributed by atoms with van der Waals surface area (Å²) < 4.78 is 0. The van der Waals surface area contributed by atoms with Crippen molar-refractivity contribution in [2.45, 2.75) is 37.2 Å². The predicted molar refractivity (Wildman–Crippen MR) is 62.7 cm³/mol. The molecule has 1 nitrogen and oxygen atoms in total. The second-order valence-corrected chi connectivity index (χ2v) is 4.53. The first kappa shape index (κ1) is 11.6. The lowest BCUT2D eigenvalue weighted by Crippen LogP contribution is -2.03. The average molecular weight is 210 g/mol. The van der Waals surface area contributed by atoms with Crippen LogP contribution in [0.4, 0.5) is 0 Å². The van der Waals surface area contributed by atoms with Gasteiger partial charge in [-0.15, -0.1) is 11.8 Å². The minimum absolute atomic E-state index is 0.105. The van der Waals surface area contributed by atoms with Crippen LogP contribution in [0.3, 0.4) is 0 Å². The minimum Gasteiger partial charge on any atom is -0.393 e. The van der Waals surface area contributed by atoms with Gasteiger partial charge in [0.25, 0.3) is 0 Å². The van der Waals surface area contributed by atoms with Crippen molar-refractivity contribution in [1.29, 1.82) is 0 Å². The Morgan fingerprint density at radius 2 is 2.00 bits per heavy atom. The predicted octanol–water partition coefficient (Wildman–Crippen LogP) is 3.33. The van der Waals surface area contributed by atoms with Crippen molar-refractivity contribution >= 4 is 11.8 Å². The molecule has 1 unspecified atom stereocenters. The Morgan fingerprint density at radius 1 is 1.29 bits per heavy atom. The van der Waals surface area contributed by atoms with Crippen LogP contribution in [0.25, 0.3) is 0 Å². The summed E-state index contributed by atoms with van der Waals surface area (Å²) in [5.74, 6) is 1.10. The van der Waals surface area contributed by atoms with Gasteiger partial charge in [-0.05, 0) is 37.1 Å². The highest BCUT2D eigenvalue weighted by Gasteiger charge is 1.99. The molecule has 1 aromatic rings. The minimum atomic E-state index is -0.105. The van der Waals surface area contributed by atoms with E-state index < -0.39 is 0 Å². The van der Waals surface area contributed by atoms with Gasteiger partial charge in [0, 0.05) is 4.90 Å². The lowest BCUT2D eigenvalue weighted by Gasteiger charge is -2.06. The van der Waals surface area contributed by atoms with E-state index in [2.05, 4.69) is 24.3 Å². The molecule has 0 bridgehead atoms. The summed E-state index contributed by atoms with van der Waals surface area (Å²) in [6, 6.07) is 10.4. The third-order valence-corrected chi connectivity index (χ3v) is 3.26. The molecule has 0 radical (unpaired) electrons. The molecule has 0 saturated heterocycles. The zero-order valence-corrected chi connectivity index (χ0v) is 9.46. The molecule has 1 rings (SSSR count). The Morgan fingerprint density at radius 3 is 2.64 bits per heavy atom. The monoisotopic (exact) mass is 210 g/mol. The summed E-state index contributed by atoms with van der Waals surface area (Å²) in [4.78, 5) is 1.32. The molecule has 14 heavy (non-hydrogen) atoms. The van der Waals surface area contributed by atoms with E-state index in [9.17, 15) is 5.11 Å². The van der Waals surface area contributed by atoms with Crippen LogP contribution in [0.2, 0.25) is 0 Å². The summed E-state index contributed by atoms with van der Waals surface area (Å²) in [6.45, 7) is 2.02. The molecule has 1 N–H and O–H groups in total. The number of hydrogen-bond acceptors (Lipinski definition) is 2. The topological polar surface area (TPSA) is 20.2 Å². The van der Waals surface area contributed by atoms with Crippen molar-refractivity contribution in [2.24, 2.45) is 0 Å². The largest absolute Gasteiger partial charge is 0.393 e. The third kappa shape index (κ3) is 4.68. The van der Waals surface area contributed by atoms with Gasteiger partial charge in [0.05, 0.1) is 6.10 Å². The normalized spacial score (nSPS) is 12.7. The van der Waals surface area contributed by atoms with Crippen LogP contribution >= 0.6 is 11.8 Å². The molecule has 0 spiro atoms. The number of thioether (sulfide) groups is 1. The summed E-state index contributed by atoms with van der Waals surface area (Å²) in [6.07, 6.45) is 2.78. The van der Waals surface area contributed by atoms with Gasteiger partial charge in [-0.25, -0.2) is 0 Å². The first-order valence-corrected chi connectivity index (χ1v) is 6.17. The zero-order chi connectivity index (χ0) is 10.2. The molecule has 0 aliphatic carbocycles. The SMILES string of the molecule is CCC(O)CCCSc1ccccc1. The van der Waals surface area contributed by atoms with E-state index in [1.807, 2.05) is 24.8 Å². The van der Waals surface area contributed by atoms with Crippen LogP contribution in [0, 0.1) is 0 Å². The molecule has 78 valence electrons. The Labute approximate surface area is 90.5 Å². The van der Waals surface area contributed by atoms with E-state index in [4.69, 9.17) is 0 Å². The lowest BCUT2D eigenvalue weighted by molar-refractivity contribution is 0.160. The summed E-state index contributed by atoms with van der Waals surface area (Å²) in [7, 11) is 0. The van der Waals surface area contributed by atoms with Crippen LogP contribution in [-0.4, -0.2) is 17.0 Å². The van der Waals surface area contributed by atoms with Gasteiger partial charge in [-0.2, -0.15) is 0 Å². The van der Waals surface area contributed by atoms with Crippen molar-refractivity contribution in [1.82, 2.24) is 0 Å². The van der Waals surface area contributed by atoms with Gasteiger partial charge in [-0.3, -0.25) is 0 Å². The van der Waals surface area contributed by atoms with Gasteiger partial charge in [0.15, 0.2) is 0 Å². The maximum absolute atomic E-state index is 9.35. The second-order valence-electron chi connectivity index (χ2n) is 3.37. The van der Waals surface area contributed by atoms with Crippen molar-refractivity contribution in [3.63, 3.8) is 0 Å². The van der Waals surface area contributed by atoms with E-state index in [1.54, 1.807) is 0 Å². The molecular weight excluding hydrogens is 192 g/mol. The van der Waals surface area contributed by atoms with Gasteiger partial charge in [0.1, 0.15) is 0 Å². The number of hydrogen-bond donors (Lipinski definition) is 1. The van der Waals surface area contributed by atoms with Gasteiger partial charge >= 0.3 is 0 Å². The van der Waals surface area contributed by atoms with E-state index in [1.165, 1.54) is 4.90 Å². The fraction of sp³-hybridized carbons (Fsp3) is 0.500. The number of benzene rings is 1. The second kappa shape index (κ2) is 6.91. The van der Waals surface area contributed by atoms with Crippen LogP contribution in [0.5, 0.6) is 0 Å². The Bertz CT molecular complexity index is 235. The first-order chi connectivity index (χ1) is 6.83. The van der Waals surface area contributed by atoms with Crippen LogP contribution in [0.1, 0.15) is 26.2 Å². The van der Waals surface area contributed by atoms with E-state index in [-0.39, 0.29) is 6.10 Å². The average Bonchev–Trinajstić information content (AvgIpc) is 2.25. The lowest BCUT2D eigenvalue weighted by atomic mass is 10.2. The molecule has 0 fully saturated rings. The maximum Gasteiger partial charge on any atom is 0.0538 e. The Kier molecular flexibility index (Phi) is 5.72. The summed E-state index contributed by atoms with van der Waals surface area (Å²) in [5.41, 5.74) is 0. The number of rotatable bonds is 6. The van der Waals surface area contributed by atoms with E-state index in [0.717, 1.165) is 25.0 Å². The van der Waals surface area contributed by atoms with E-state index >= 15 is 0 Å². The molecule has 0 aliphatic heterocycles. The molecule has 0 amide bonds. The molecule has 0 aliphatic rings.